The Morgan fingerprint density at radius 1 is 1.09 bits per heavy atom. The molecule has 0 saturated carbocycles. The van der Waals surface area contributed by atoms with Crippen molar-refractivity contribution in [2.45, 2.75) is 26.2 Å². The lowest BCUT2D eigenvalue weighted by atomic mass is 9.87. The second-order valence-electron chi connectivity index (χ2n) is 8.78. The number of hydrogen-bond acceptors (Lipinski definition) is 6. The molecular weight excluding hydrogens is 422 g/mol. The van der Waals surface area contributed by atoms with Crippen molar-refractivity contribution >= 4 is 29.2 Å². The number of aliphatic hydroxyl groups is 1. The van der Waals surface area contributed by atoms with Gasteiger partial charge in [0.05, 0.1) is 25.8 Å². The van der Waals surface area contributed by atoms with E-state index in [1.165, 1.54) is 12.0 Å². The number of carbonyl (C=O) groups excluding carboxylic acids is 3. The Labute approximate surface area is 193 Å². The van der Waals surface area contributed by atoms with Crippen LogP contribution >= 0.6 is 0 Å². The second-order valence-corrected chi connectivity index (χ2v) is 8.78. The minimum atomic E-state index is -0.616. The first-order valence-electron chi connectivity index (χ1n) is 10.6. The Morgan fingerprint density at radius 2 is 1.76 bits per heavy atom. The van der Waals surface area contributed by atoms with Crippen molar-refractivity contribution in [3.05, 3.63) is 70.9 Å². The molecule has 2 amide bonds. The summed E-state index contributed by atoms with van der Waals surface area (Å²) < 4.78 is 4.80. The monoisotopic (exact) mass is 451 g/mol. The molecule has 0 unspecified atom stereocenters. The van der Waals surface area contributed by atoms with Crippen LogP contribution in [-0.2, 0) is 19.7 Å². The highest BCUT2D eigenvalue weighted by atomic mass is 16.5. The molecule has 1 heterocycles. The number of rotatable bonds is 7. The molecule has 2 aromatic rings. The fraction of sp³-hybridized carbons (Fsp3) is 0.320. The number of carbonyl (C=O) groups is 3. The molecule has 8 heteroatoms. The van der Waals surface area contributed by atoms with E-state index in [1.54, 1.807) is 36.4 Å². The molecule has 8 nitrogen and oxygen atoms in total. The first-order chi connectivity index (χ1) is 15.6. The van der Waals surface area contributed by atoms with E-state index in [4.69, 9.17) is 4.74 Å². The van der Waals surface area contributed by atoms with Gasteiger partial charge in [0, 0.05) is 23.5 Å². The molecule has 33 heavy (non-hydrogen) atoms. The van der Waals surface area contributed by atoms with E-state index in [0.29, 0.717) is 16.9 Å². The van der Waals surface area contributed by atoms with Gasteiger partial charge < -0.3 is 25.4 Å². The summed E-state index contributed by atoms with van der Waals surface area (Å²) >= 11 is 0. The average Bonchev–Trinajstić information content (AvgIpc) is 3.08. The maximum Gasteiger partial charge on any atom is 0.337 e. The lowest BCUT2D eigenvalue weighted by Crippen LogP contribution is -2.31. The quantitative estimate of drug-likeness (QED) is 0.559. The number of anilines is 2. The topological polar surface area (TPSA) is 108 Å². The summed E-state index contributed by atoms with van der Waals surface area (Å²) in [7, 11) is 1.25. The largest absolute Gasteiger partial charge is 0.466 e. The Balaban J connectivity index is 1.77. The second kappa shape index (κ2) is 9.87. The minimum Gasteiger partial charge on any atom is -0.466 e. The van der Waals surface area contributed by atoms with Crippen molar-refractivity contribution in [2.75, 3.05) is 37.4 Å². The van der Waals surface area contributed by atoms with Crippen LogP contribution in [0.2, 0.25) is 0 Å². The van der Waals surface area contributed by atoms with Crippen molar-refractivity contribution in [2.24, 2.45) is 0 Å². The number of benzene rings is 2. The number of aliphatic hydroxyl groups excluding tert-OH is 1. The third kappa shape index (κ3) is 5.59. The molecule has 0 saturated heterocycles. The van der Waals surface area contributed by atoms with Crippen LogP contribution < -0.4 is 10.6 Å². The fourth-order valence-corrected chi connectivity index (χ4v) is 3.49. The molecule has 0 fully saturated rings. The molecule has 0 spiro atoms. The molecule has 2 aromatic carbocycles. The maximum absolute atomic E-state index is 12.7. The highest BCUT2D eigenvalue weighted by Crippen LogP contribution is 2.25. The fourth-order valence-electron chi connectivity index (χ4n) is 3.49. The molecule has 0 aromatic heterocycles. The van der Waals surface area contributed by atoms with Crippen LogP contribution in [0.5, 0.6) is 0 Å². The normalized spacial score (nSPS) is 13.8. The predicted octanol–water partition coefficient (Wildman–Crippen LogP) is 2.91. The summed E-state index contributed by atoms with van der Waals surface area (Å²) in [6, 6.07) is 14.3. The van der Waals surface area contributed by atoms with Gasteiger partial charge in [-0.2, -0.15) is 0 Å². The summed E-state index contributed by atoms with van der Waals surface area (Å²) in [5.41, 5.74) is 2.99. The number of ether oxygens (including phenoxy) is 1. The van der Waals surface area contributed by atoms with E-state index in [2.05, 4.69) is 31.4 Å². The number of amides is 2. The van der Waals surface area contributed by atoms with Crippen LogP contribution in [0.15, 0.2) is 59.8 Å². The standard InChI is InChI=1S/C25H29N3O5/c1-25(2,3)17-10-8-16(9-11-17)22(30)27-19-7-5-6-18(14-19)26-21-20(24(32)33-4)15-28(12-13-29)23(21)31/h5-11,14,26,29H,12-13,15H2,1-4H3,(H,27,30). The van der Waals surface area contributed by atoms with Gasteiger partial charge >= 0.3 is 5.97 Å². The van der Waals surface area contributed by atoms with E-state index in [1.807, 2.05) is 12.1 Å². The molecular formula is C25H29N3O5. The summed E-state index contributed by atoms with van der Waals surface area (Å²) in [6.07, 6.45) is 0. The molecule has 3 rings (SSSR count). The molecule has 0 aliphatic carbocycles. The van der Waals surface area contributed by atoms with Gasteiger partial charge in [0.15, 0.2) is 0 Å². The van der Waals surface area contributed by atoms with Crippen molar-refractivity contribution in [3.63, 3.8) is 0 Å². The molecule has 0 bridgehead atoms. The van der Waals surface area contributed by atoms with E-state index >= 15 is 0 Å². The van der Waals surface area contributed by atoms with Crippen molar-refractivity contribution < 1.29 is 24.2 Å². The molecule has 1 aliphatic heterocycles. The Morgan fingerprint density at radius 3 is 2.36 bits per heavy atom. The molecule has 1 aliphatic rings. The Kier molecular flexibility index (Phi) is 7.18. The van der Waals surface area contributed by atoms with Crippen molar-refractivity contribution in [1.82, 2.24) is 4.90 Å². The summed E-state index contributed by atoms with van der Waals surface area (Å²) in [5, 5.41) is 15.0. The number of hydrogen-bond donors (Lipinski definition) is 3. The van der Waals surface area contributed by atoms with Gasteiger partial charge in [0.2, 0.25) is 0 Å². The first-order valence-corrected chi connectivity index (χ1v) is 10.6. The number of β-amino-alcohol motifs (C(OH)–C–C–N with tert-alkyl or cyclic N) is 1. The van der Waals surface area contributed by atoms with Gasteiger partial charge in [0.1, 0.15) is 5.70 Å². The van der Waals surface area contributed by atoms with Crippen LogP contribution in [0.25, 0.3) is 0 Å². The lowest BCUT2D eigenvalue weighted by molar-refractivity contribution is -0.136. The third-order valence-electron chi connectivity index (χ3n) is 5.36. The lowest BCUT2D eigenvalue weighted by Gasteiger charge is -2.19. The zero-order valence-electron chi connectivity index (χ0n) is 19.3. The highest BCUT2D eigenvalue weighted by molar-refractivity contribution is 6.09. The number of methoxy groups -OCH3 is 1. The molecule has 0 atom stereocenters. The summed E-state index contributed by atoms with van der Waals surface area (Å²) in [6.45, 7) is 6.27. The number of nitrogens with one attached hydrogen (secondary N) is 2. The van der Waals surface area contributed by atoms with Crippen LogP contribution in [-0.4, -0.2) is 54.6 Å². The van der Waals surface area contributed by atoms with Crippen molar-refractivity contribution in [3.8, 4) is 0 Å². The molecule has 0 radical (unpaired) electrons. The highest BCUT2D eigenvalue weighted by Gasteiger charge is 2.34. The van der Waals surface area contributed by atoms with Crippen LogP contribution in [0.1, 0.15) is 36.7 Å². The smallest absolute Gasteiger partial charge is 0.337 e. The van der Waals surface area contributed by atoms with Crippen molar-refractivity contribution in [1.29, 1.82) is 0 Å². The molecule has 174 valence electrons. The Bertz CT molecular complexity index is 1080. The zero-order valence-corrected chi connectivity index (χ0v) is 19.3. The first kappa shape index (κ1) is 24.0. The van der Waals surface area contributed by atoms with Gasteiger partial charge in [0.25, 0.3) is 11.8 Å². The van der Waals surface area contributed by atoms with Gasteiger partial charge in [-0.1, -0.05) is 39.0 Å². The third-order valence-corrected chi connectivity index (χ3v) is 5.36. The van der Waals surface area contributed by atoms with E-state index in [9.17, 15) is 19.5 Å². The number of esters is 1. The average molecular weight is 452 g/mol. The summed E-state index contributed by atoms with van der Waals surface area (Å²) in [4.78, 5) is 38.9. The van der Waals surface area contributed by atoms with E-state index in [0.717, 1.165) is 5.56 Å². The molecule has 3 N–H and O–H groups in total. The minimum absolute atomic E-state index is 0.00280. The maximum atomic E-state index is 12.7. The van der Waals surface area contributed by atoms with Gasteiger partial charge in [-0.15, -0.1) is 0 Å². The van der Waals surface area contributed by atoms with Crippen LogP contribution in [0, 0.1) is 0 Å². The van der Waals surface area contributed by atoms with Gasteiger partial charge in [-0.25, -0.2) is 4.79 Å². The predicted molar refractivity (Wildman–Crippen MR) is 126 cm³/mol. The van der Waals surface area contributed by atoms with E-state index < -0.39 is 11.9 Å². The van der Waals surface area contributed by atoms with Crippen LogP contribution in [0.4, 0.5) is 11.4 Å². The number of nitrogens with zero attached hydrogens (tertiary/aromatic N) is 1. The van der Waals surface area contributed by atoms with Gasteiger partial charge in [-0.05, 0) is 41.3 Å². The Hall–Kier alpha value is -3.65. The summed E-state index contributed by atoms with van der Waals surface area (Å²) in [5.74, 6) is -1.28. The zero-order chi connectivity index (χ0) is 24.2. The van der Waals surface area contributed by atoms with Crippen LogP contribution in [0.3, 0.4) is 0 Å². The SMILES string of the molecule is COC(=O)C1=C(Nc2cccc(NC(=O)c3ccc(C(C)(C)C)cc3)c2)C(=O)N(CCO)C1. The van der Waals surface area contributed by atoms with Gasteiger partial charge in [-0.3, -0.25) is 9.59 Å². The van der Waals surface area contributed by atoms with E-state index in [-0.39, 0.29) is 42.3 Å².